The van der Waals surface area contributed by atoms with E-state index in [1.165, 1.54) is 0 Å². The van der Waals surface area contributed by atoms with Gasteiger partial charge >= 0.3 is 0 Å². The molecule has 2 aromatic heterocycles. The number of aryl methyl sites for hydroxylation is 1. The van der Waals surface area contributed by atoms with Crippen molar-refractivity contribution in [3.05, 3.63) is 41.3 Å². The van der Waals surface area contributed by atoms with E-state index in [2.05, 4.69) is 21.0 Å². The lowest BCUT2D eigenvalue weighted by Crippen LogP contribution is -2.31. The Morgan fingerprint density at radius 1 is 1.42 bits per heavy atom. The van der Waals surface area contributed by atoms with Crippen molar-refractivity contribution in [3.63, 3.8) is 0 Å². The van der Waals surface area contributed by atoms with Crippen LogP contribution in [0.5, 0.6) is 0 Å². The first-order valence-corrected chi connectivity index (χ1v) is 8.15. The first-order chi connectivity index (χ1) is 11.5. The predicted octanol–water partition coefficient (Wildman–Crippen LogP) is 1.44. The summed E-state index contributed by atoms with van der Waals surface area (Å²) in [5, 5.41) is 4.65. The summed E-state index contributed by atoms with van der Waals surface area (Å²) in [6.45, 7) is 1.57. The number of anilines is 1. The molecule has 0 bridgehead atoms. The number of likely N-dealkylation sites (tertiary alicyclic amines) is 1. The molecule has 24 heavy (non-hydrogen) atoms. The second kappa shape index (κ2) is 6.60. The maximum absolute atomic E-state index is 12.8. The van der Waals surface area contributed by atoms with Crippen molar-refractivity contribution in [1.29, 1.82) is 0 Å². The lowest BCUT2D eigenvalue weighted by atomic mass is 10.1. The van der Waals surface area contributed by atoms with Crippen LogP contribution in [0, 0.1) is 0 Å². The van der Waals surface area contributed by atoms with Gasteiger partial charge in [-0.3, -0.25) is 9.48 Å². The molecule has 1 amide bonds. The Morgan fingerprint density at radius 3 is 2.88 bits per heavy atom. The molecule has 0 spiro atoms. The van der Waals surface area contributed by atoms with Crippen molar-refractivity contribution in [2.75, 3.05) is 26.4 Å². The van der Waals surface area contributed by atoms with E-state index in [1.807, 2.05) is 30.7 Å². The lowest BCUT2D eigenvalue weighted by molar-refractivity contribution is 0.0732. The summed E-state index contributed by atoms with van der Waals surface area (Å²) >= 11 is 0. The maximum atomic E-state index is 12.8. The van der Waals surface area contributed by atoms with Gasteiger partial charge in [-0.15, -0.1) is 0 Å². The number of amides is 1. The quantitative estimate of drug-likeness (QED) is 0.918. The number of hydrogen-bond acceptors (Lipinski definition) is 5. The largest absolute Gasteiger partial charge is 0.384 e. The van der Waals surface area contributed by atoms with E-state index in [9.17, 15) is 4.79 Å². The molecule has 128 valence electrons. The maximum Gasteiger partial charge on any atom is 0.255 e. The predicted molar refractivity (Wildman–Crippen MR) is 92.3 cm³/mol. The van der Waals surface area contributed by atoms with E-state index in [-0.39, 0.29) is 11.9 Å². The fraction of sp³-hybridized carbons (Fsp3) is 0.471. The SMILES string of the molecule is CN(C)Cc1cc(C2CCCN2C(=O)c2ccc(N)nc2)nn1C. The number of aromatic nitrogens is 3. The topological polar surface area (TPSA) is 80.3 Å². The smallest absolute Gasteiger partial charge is 0.255 e. The number of carbonyl (C=O) groups excluding carboxylic acids is 1. The lowest BCUT2D eigenvalue weighted by Gasteiger charge is -2.23. The molecule has 3 heterocycles. The van der Waals surface area contributed by atoms with E-state index in [0.29, 0.717) is 11.4 Å². The summed E-state index contributed by atoms with van der Waals surface area (Å²) in [4.78, 5) is 20.8. The molecular formula is C17H24N6O. The van der Waals surface area contributed by atoms with Gasteiger partial charge in [0.2, 0.25) is 0 Å². The van der Waals surface area contributed by atoms with Gasteiger partial charge in [-0.25, -0.2) is 4.98 Å². The summed E-state index contributed by atoms with van der Waals surface area (Å²) < 4.78 is 1.90. The Bertz CT molecular complexity index is 721. The van der Waals surface area contributed by atoms with Gasteiger partial charge in [0.15, 0.2) is 0 Å². The second-order valence-electron chi connectivity index (χ2n) is 6.55. The van der Waals surface area contributed by atoms with Gasteiger partial charge in [-0.2, -0.15) is 5.10 Å². The third-order valence-corrected chi connectivity index (χ3v) is 4.36. The molecule has 1 aliphatic rings. The molecule has 0 aliphatic carbocycles. The van der Waals surface area contributed by atoms with Crippen molar-refractivity contribution in [3.8, 4) is 0 Å². The molecule has 0 saturated carbocycles. The van der Waals surface area contributed by atoms with E-state index < -0.39 is 0 Å². The van der Waals surface area contributed by atoms with E-state index in [4.69, 9.17) is 5.73 Å². The van der Waals surface area contributed by atoms with E-state index in [1.54, 1.807) is 18.3 Å². The van der Waals surface area contributed by atoms with Crippen LogP contribution in [0.4, 0.5) is 5.82 Å². The third kappa shape index (κ3) is 3.26. The molecule has 3 rings (SSSR count). The van der Waals surface area contributed by atoms with Gasteiger partial charge in [0, 0.05) is 26.3 Å². The minimum atomic E-state index is -0.00943. The van der Waals surface area contributed by atoms with Crippen LogP contribution in [0.25, 0.3) is 0 Å². The summed E-state index contributed by atoms with van der Waals surface area (Å²) in [5.41, 5.74) is 8.28. The van der Waals surface area contributed by atoms with Crippen molar-refractivity contribution < 1.29 is 4.79 Å². The highest BCUT2D eigenvalue weighted by molar-refractivity contribution is 5.94. The highest BCUT2D eigenvalue weighted by atomic mass is 16.2. The summed E-state index contributed by atoms with van der Waals surface area (Å²) in [6, 6.07) is 5.53. The normalized spacial score (nSPS) is 17.7. The van der Waals surface area contributed by atoms with Crippen LogP contribution in [0.2, 0.25) is 0 Å². The number of nitrogen functional groups attached to an aromatic ring is 1. The highest BCUT2D eigenvalue weighted by Gasteiger charge is 2.32. The van der Waals surface area contributed by atoms with Gasteiger partial charge in [0.1, 0.15) is 5.82 Å². The van der Waals surface area contributed by atoms with Crippen molar-refractivity contribution in [1.82, 2.24) is 24.6 Å². The Hall–Kier alpha value is -2.41. The molecule has 1 fully saturated rings. The molecule has 1 aliphatic heterocycles. The zero-order chi connectivity index (χ0) is 17.3. The van der Waals surface area contributed by atoms with Crippen LogP contribution >= 0.6 is 0 Å². The van der Waals surface area contributed by atoms with Crippen LogP contribution < -0.4 is 5.73 Å². The molecule has 2 aromatic rings. The van der Waals surface area contributed by atoms with Gasteiger partial charge in [-0.1, -0.05) is 0 Å². The first-order valence-electron chi connectivity index (χ1n) is 8.15. The summed E-state index contributed by atoms with van der Waals surface area (Å²) in [7, 11) is 6.02. The van der Waals surface area contributed by atoms with Crippen molar-refractivity contribution >= 4 is 11.7 Å². The first kappa shape index (κ1) is 16.4. The number of carbonyl (C=O) groups is 1. The third-order valence-electron chi connectivity index (χ3n) is 4.36. The fourth-order valence-corrected chi connectivity index (χ4v) is 3.18. The minimum absolute atomic E-state index is 0.00943. The van der Waals surface area contributed by atoms with Crippen LogP contribution in [0.3, 0.4) is 0 Å². The van der Waals surface area contributed by atoms with Crippen LogP contribution in [0.15, 0.2) is 24.4 Å². The molecule has 0 radical (unpaired) electrons. The molecule has 1 unspecified atom stereocenters. The molecule has 7 heteroatoms. The Balaban J connectivity index is 1.83. The molecular weight excluding hydrogens is 304 g/mol. The summed E-state index contributed by atoms with van der Waals surface area (Å²) in [5.74, 6) is 0.410. The monoisotopic (exact) mass is 328 g/mol. The Labute approximate surface area is 142 Å². The molecule has 1 atom stereocenters. The van der Waals surface area contributed by atoms with Crippen molar-refractivity contribution in [2.24, 2.45) is 7.05 Å². The van der Waals surface area contributed by atoms with Crippen LogP contribution in [-0.4, -0.2) is 51.1 Å². The molecule has 7 nitrogen and oxygen atoms in total. The van der Waals surface area contributed by atoms with Crippen molar-refractivity contribution in [2.45, 2.75) is 25.4 Å². The Morgan fingerprint density at radius 2 is 2.21 bits per heavy atom. The number of pyridine rings is 1. The number of nitrogens with two attached hydrogens (primary N) is 1. The standard InChI is InChI=1S/C17H24N6O/c1-21(2)11-13-9-14(20-22(13)3)15-5-4-8-23(15)17(24)12-6-7-16(18)19-10-12/h6-7,9-10,15H,4-5,8,11H2,1-3H3,(H2,18,19). The summed E-state index contributed by atoms with van der Waals surface area (Å²) in [6.07, 6.45) is 3.47. The van der Waals surface area contributed by atoms with Crippen LogP contribution in [0.1, 0.15) is 40.6 Å². The van der Waals surface area contributed by atoms with Gasteiger partial charge in [-0.05, 0) is 45.1 Å². The fourth-order valence-electron chi connectivity index (χ4n) is 3.18. The van der Waals surface area contributed by atoms with Gasteiger partial charge < -0.3 is 15.5 Å². The second-order valence-corrected chi connectivity index (χ2v) is 6.55. The van der Waals surface area contributed by atoms with E-state index >= 15 is 0 Å². The number of rotatable bonds is 4. The number of hydrogen-bond donors (Lipinski definition) is 1. The highest BCUT2D eigenvalue weighted by Crippen LogP contribution is 2.32. The van der Waals surface area contributed by atoms with E-state index in [0.717, 1.165) is 37.3 Å². The van der Waals surface area contributed by atoms with Crippen LogP contribution in [-0.2, 0) is 13.6 Å². The zero-order valence-electron chi connectivity index (χ0n) is 14.4. The molecule has 1 saturated heterocycles. The molecule has 0 aromatic carbocycles. The zero-order valence-corrected chi connectivity index (χ0v) is 14.4. The minimum Gasteiger partial charge on any atom is -0.384 e. The van der Waals surface area contributed by atoms with Gasteiger partial charge in [0.25, 0.3) is 5.91 Å². The average molecular weight is 328 g/mol. The molecule has 2 N–H and O–H groups in total. The Kier molecular flexibility index (Phi) is 4.53. The number of nitrogens with zero attached hydrogens (tertiary/aromatic N) is 5. The van der Waals surface area contributed by atoms with Gasteiger partial charge in [0.05, 0.1) is 23.0 Å². The average Bonchev–Trinajstić information content (AvgIpc) is 3.14.